The van der Waals surface area contributed by atoms with Gasteiger partial charge in [0.2, 0.25) is 11.8 Å². The average molecular weight is 424 g/mol. The molecular weight excluding hydrogens is 394 g/mol. The number of nitrogens with zero attached hydrogens (tertiary/aromatic N) is 2. The van der Waals surface area contributed by atoms with Crippen LogP contribution in [0.2, 0.25) is 0 Å². The van der Waals surface area contributed by atoms with E-state index in [2.05, 4.69) is 12.2 Å². The van der Waals surface area contributed by atoms with Crippen molar-refractivity contribution in [2.45, 2.75) is 33.1 Å². The van der Waals surface area contributed by atoms with E-state index >= 15 is 0 Å². The smallest absolute Gasteiger partial charge is 0.243 e. The molecule has 164 valence electrons. The van der Waals surface area contributed by atoms with Gasteiger partial charge >= 0.3 is 0 Å². The summed E-state index contributed by atoms with van der Waals surface area (Å²) < 4.78 is 10.8. The summed E-state index contributed by atoms with van der Waals surface area (Å²) in [5.41, 5.74) is 3.65. The third kappa shape index (κ3) is 5.42. The molecule has 0 aliphatic carbocycles. The van der Waals surface area contributed by atoms with Crippen molar-refractivity contribution in [2.24, 2.45) is 11.0 Å². The fourth-order valence-corrected chi connectivity index (χ4v) is 3.67. The molecule has 1 atom stereocenters. The quantitative estimate of drug-likeness (QED) is 0.699. The lowest BCUT2D eigenvalue weighted by Crippen LogP contribution is -2.38. The van der Waals surface area contributed by atoms with Gasteiger partial charge in [0.05, 0.1) is 19.9 Å². The summed E-state index contributed by atoms with van der Waals surface area (Å²) in [5, 5.41) is 9.06. The number of hydrogen-bond acceptors (Lipinski definition) is 5. The van der Waals surface area contributed by atoms with E-state index in [1.165, 1.54) is 6.92 Å². The second kappa shape index (κ2) is 10.1. The summed E-state index contributed by atoms with van der Waals surface area (Å²) in [6.07, 6.45) is 1.94. The third-order valence-electron chi connectivity index (χ3n) is 5.38. The van der Waals surface area contributed by atoms with Crippen LogP contribution in [0.5, 0.6) is 11.5 Å². The molecule has 7 nitrogen and oxygen atoms in total. The van der Waals surface area contributed by atoms with Crippen LogP contribution in [0.4, 0.5) is 5.69 Å². The fraction of sp³-hybridized carbons (Fsp3) is 0.375. The summed E-state index contributed by atoms with van der Waals surface area (Å²) in [6, 6.07) is 13.4. The van der Waals surface area contributed by atoms with Gasteiger partial charge in [-0.25, -0.2) is 5.01 Å². The number of carbonyl (C=O) groups is 2. The Kier molecular flexibility index (Phi) is 7.28. The molecule has 7 heteroatoms. The molecule has 1 N–H and O–H groups in total. The van der Waals surface area contributed by atoms with Gasteiger partial charge in [-0.1, -0.05) is 19.1 Å². The Labute approximate surface area is 183 Å². The fourth-order valence-electron chi connectivity index (χ4n) is 3.67. The van der Waals surface area contributed by atoms with E-state index in [4.69, 9.17) is 14.6 Å². The summed E-state index contributed by atoms with van der Waals surface area (Å²) >= 11 is 0. The van der Waals surface area contributed by atoms with E-state index in [9.17, 15) is 9.59 Å². The van der Waals surface area contributed by atoms with Crippen molar-refractivity contribution in [3.63, 3.8) is 0 Å². The number of nitrogens with one attached hydrogen (secondary N) is 1. The van der Waals surface area contributed by atoms with Crippen LogP contribution in [0.3, 0.4) is 0 Å². The van der Waals surface area contributed by atoms with E-state index in [1.807, 2.05) is 42.5 Å². The molecule has 0 fully saturated rings. The van der Waals surface area contributed by atoms with Gasteiger partial charge in [-0.05, 0) is 48.7 Å². The van der Waals surface area contributed by atoms with Crippen molar-refractivity contribution < 1.29 is 19.1 Å². The second-order valence-corrected chi connectivity index (χ2v) is 7.51. The van der Waals surface area contributed by atoms with Crippen LogP contribution < -0.4 is 14.8 Å². The first kappa shape index (κ1) is 22.3. The lowest BCUT2D eigenvalue weighted by Gasteiger charge is -2.29. The zero-order valence-electron chi connectivity index (χ0n) is 18.5. The Morgan fingerprint density at radius 3 is 2.45 bits per heavy atom. The summed E-state index contributed by atoms with van der Waals surface area (Å²) in [4.78, 5) is 23.8. The Bertz CT molecular complexity index is 969. The van der Waals surface area contributed by atoms with E-state index in [0.29, 0.717) is 30.9 Å². The van der Waals surface area contributed by atoms with Crippen molar-refractivity contribution >= 4 is 23.2 Å². The lowest BCUT2D eigenvalue weighted by atomic mass is 9.89. The van der Waals surface area contributed by atoms with E-state index in [-0.39, 0.29) is 17.7 Å². The van der Waals surface area contributed by atoms with Gasteiger partial charge < -0.3 is 14.8 Å². The summed E-state index contributed by atoms with van der Waals surface area (Å²) in [7, 11) is 3.21. The molecule has 0 bridgehead atoms. The molecule has 0 radical (unpaired) electrons. The standard InChI is InChI=1S/C24H29N3O4/c1-5-18-15-23(29)27(13-12-17-6-9-20(10-7-17)25-16(2)28)26-24(18)19-8-11-21(30-3)22(14-19)31-4/h6-11,14,18H,5,12-13,15H2,1-4H3,(H,25,28). The zero-order valence-corrected chi connectivity index (χ0v) is 18.5. The minimum atomic E-state index is -0.103. The first-order valence-electron chi connectivity index (χ1n) is 10.4. The van der Waals surface area contributed by atoms with Crippen molar-refractivity contribution in [2.75, 3.05) is 26.1 Å². The highest BCUT2D eigenvalue weighted by Crippen LogP contribution is 2.31. The predicted octanol–water partition coefficient (Wildman–Crippen LogP) is 3.87. The summed E-state index contributed by atoms with van der Waals surface area (Å²) in [6.45, 7) is 4.04. The second-order valence-electron chi connectivity index (χ2n) is 7.51. The molecule has 31 heavy (non-hydrogen) atoms. The maximum Gasteiger partial charge on any atom is 0.243 e. The van der Waals surface area contributed by atoms with Crippen LogP contribution in [0, 0.1) is 5.92 Å². The highest BCUT2D eigenvalue weighted by atomic mass is 16.5. The molecule has 0 saturated heterocycles. The minimum absolute atomic E-state index is 0.0333. The maximum atomic E-state index is 12.7. The molecule has 0 saturated carbocycles. The Balaban J connectivity index is 1.79. The Morgan fingerprint density at radius 2 is 1.84 bits per heavy atom. The molecule has 0 spiro atoms. The zero-order chi connectivity index (χ0) is 22.4. The van der Waals surface area contributed by atoms with Crippen LogP contribution in [-0.4, -0.2) is 43.3 Å². The van der Waals surface area contributed by atoms with E-state index in [1.54, 1.807) is 19.2 Å². The van der Waals surface area contributed by atoms with Crippen LogP contribution in [0.1, 0.15) is 37.8 Å². The largest absolute Gasteiger partial charge is 0.493 e. The monoisotopic (exact) mass is 423 g/mol. The number of amides is 2. The number of ether oxygens (including phenoxy) is 2. The van der Waals surface area contributed by atoms with Gasteiger partial charge in [-0.15, -0.1) is 0 Å². The molecule has 2 aromatic rings. The molecular formula is C24H29N3O4. The van der Waals surface area contributed by atoms with Gasteiger partial charge in [-0.2, -0.15) is 5.10 Å². The SMILES string of the molecule is CCC1CC(=O)N(CCc2ccc(NC(C)=O)cc2)N=C1c1ccc(OC)c(OC)c1. The molecule has 1 heterocycles. The first-order valence-corrected chi connectivity index (χ1v) is 10.4. The molecule has 2 amide bonds. The highest BCUT2D eigenvalue weighted by molar-refractivity contribution is 6.06. The molecule has 1 aliphatic heterocycles. The van der Waals surface area contributed by atoms with E-state index in [0.717, 1.165) is 28.9 Å². The van der Waals surface area contributed by atoms with Crippen molar-refractivity contribution in [1.29, 1.82) is 0 Å². The predicted molar refractivity (Wildman–Crippen MR) is 121 cm³/mol. The van der Waals surface area contributed by atoms with Crippen molar-refractivity contribution in [3.8, 4) is 11.5 Å². The van der Waals surface area contributed by atoms with E-state index < -0.39 is 0 Å². The topological polar surface area (TPSA) is 80.2 Å². The average Bonchev–Trinajstić information content (AvgIpc) is 2.78. The van der Waals surface area contributed by atoms with Gasteiger partial charge in [-0.3, -0.25) is 9.59 Å². The van der Waals surface area contributed by atoms with Crippen LogP contribution in [0.15, 0.2) is 47.6 Å². The highest BCUT2D eigenvalue weighted by Gasteiger charge is 2.29. The van der Waals surface area contributed by atoms with Crippen molar-refractivity contribution in [3.05, 3.63) is 53.6 Å². The Hall–Kier alpha value is -3.35. The maximum absolute atomic E-state index is 12.7. The van der Waals surface area contributed by atoms with Gasteiger partial charge in [0.25, 0.3) is 0 Å². The van der Waals surface area contributed by atoms with Gasteiger partial charge in [0.15, 0.2) is 11.5 Å². The van der Waals surface area contributed by atoms with Gasteiger partial charge in [0, 0.05) is 37.1 Å². The molecule has 0 aromatic heterocycles. The third-order valence-corrected chi connectivity index (χ3v) is 5.38. The number of hydrogen-bond donors (Lipinski definition) is 1. The normalized spacial score (nSPS) is 16.0. The number of hydrazone groups is 1. The molecule has 1 unspecified atom stereocenters. The Morgan fingerprint density at radius 1 is 1.13 bits per heavy atom. The molecule has 1 aliphatic rings. The molecule has 3 rings (SSSR count). The minimum Gasteiger partial charge on any atom is -0.493 e. The summed E-state index contributed by atoms with van der Waals surface area (Å²) in [5.74, 6) is 1.30. The van der Waals surface area contributed by atoms with Crippen LogP contribution in [0.25, 0.3) is 0 Å². The van der Waals surface area contributed by atoms with Crippen LogP contribution in [-0.2, 0) is 16.0 Å². The van der Waals surface area contributed by atoms with Crippen molar-refractivity contribution in [1.82, 2.24) is 5.01 Å². The lowest BCUT2D eigenvalue weighted by molar-refractivity contribution is -0.132. The number of benzene rings is 2. The number of carbonyl (C=O) groups excluding carboxylic acids is 2. The molecule has 2 aromatic carbocycles. The number of rotatable bonds is 8. The first-order chi connectivity index (χ1) is 14.9. The number of methoxy groups -OCH3 is 2. The van der Waals surface area contributed by atoms with Gasteiger partial charge in [0.1, 0.15) is 0 Å². The number of anilines is 1. The van der Waals surface area contributed by atoms with Crippen LogP contribution >= 0.6 is 0 Å².